The van der Waals surface area contributed by atoms with Crippen molar-refractivity contribution in [2.24, 2.45) is 5.92 Å². The van der Waals surface area contributed by atoms with Gasteiger partial charge in [0.05, 0.1) is 10.2 Å². The van der Waals surface area contributed by atoms with Gasteiger partial charge in [-0.3, -0.25) is 0 Å². The number of benzene rings is 1. The lowest BCUT2D eigenvalue weighted by atomic mass is 10.2. The second-order valence-corrected chi connectivity index (χ2v) is 5.04. The summed E-state index contributed by atoms with van der Waals surface area (Å²) in [4.78, 5) is 0. The molecule has 0 unspecified atom stereocenters. The highest BCUT2D eigenvalue weighted by Crippen LogP contribution is 2.48. The molecule has 0 atom stereocenters. The maximum atomic E-state index is 12.9. The Hall–Kier alpha value is -1.04. The van der Waals surface area contributed by atoms with Crippen molar-refractivity contribution in [1.82, 2.24) is 0 Å². The summed E-state index contributed by atoms with van der Waals surface area (Å²) in [5.41, 5.74) is 0.747. The molecule has 92 valence electrons. The third-order valence-electron chi connectivity index (χ3n) is 2.79. The van der Waals surface area contributed by atoms with E-state index in [0.29, 0.717) is 10.4 Å². The Balaban J connectivity index is 1.83. The molecule has 0 aromatic heterocycles. The van der Waals surface area contributed by atoms with Crippen molar-refractivity contribution in [2.45, 2.75) is 19.1 Å². The van der Waals surface area contributed by atoms with Crippen molar-refractivity contribution in [1.29, 1.82) is 0 Å². The Morgan fingerprint density at radius 3 is 2.82 bits per heavy atom. The fourth-order valence-corrected chi connectivity index (χ4v) is 2.24. The van der Waals surface area contributed by atoms with E-state index in [1.807, 2.05) is 0 Å². The van der Waals surface area contributed by atoms with E-state index in [2.05, 4.69) is 30.7 Å². The fourth-order valence-electron chi connectivity index (χ4n) is 1.69. The van der Waals surface area contributed by atoms with Crippen LogP contribution in [0.3, 0.4) is 0 Å². The Kier molecular flexibility index (Phi) is 2.43. The van der Waals surface area contributed by atoms with Crippen LogP contribution in [0.4, 0.5) is 14.5 Å². The first-order valence-electron chi connectivity index (χ1n) is 5.37. The molecule has 0 radical (unpaired) electrons. The largest absolute Gasteiger partial charge is 0.586 e. The standard InChI is InChI=1S/C11H10BrF2NO2/c12-9-7(15-5-6-1-2-6)3-4-8-10(9)17-11(13,14)16-8/h3-4,6,15H,1-2,5H2. The summed E-state index contributed by atoms with van der Waals surface area (Å²) in [6, 6.07) is 3.19. The van der Waals surface area contributed by atoms with Crippen LogP contribution in [0.1, 0.15) is 12.8 Å². The molecular weight excluding hydrogens is 296 g/mol. The number of anilines is 1. The lowest BCUT2D eigenvalue weighted by Gasteiger charge is -2.09. The van der Waals surface area contributed by atoms with Crippen molar-refractivity contribution in [3.8, 4) is 11.5 Å². The quantitative estimate of drug-likeness (QED) is 0.925. The minimum absolute atomic E-state index is 0.0517. The van der Waals surface area contributed by atoms with Gasteiger partial charge in [-0.15, -0.1) is 8.78 Å². The highest BCUT2D eigenvalue weighted by atomic mass is 79.9. The number of hydrogen-bond acceptors (Lipinski definition) is 3. The monoisotopic (exact) mass is 305 g/mol. The first-order valence-corrected chi connectivity index (χ1v) is 6.17. The molecule has 1 aliphatic heterocycles. The fraction of sp³-hybridized carbons (Fsp3) is 0.455. The molecule has 1 aromatic carbocycles. The minimum atomic E-state index is -3.57. The molecule has 0 saturated heterocycles. The summed E-state index contributed by atoms with van der Waals surface area (Å²) < 4.78 is 35.1. The Morgan fingerprint density at radius 2 is 2.12 bits per heavy atom. The predicted molar refractivity (Wildman–Crippen MR) is 61.6 cm³/mol. The average Bonchev–Trinajstić information content (AvgIpc) is 3.01. The van der Waals surface area contributed by atoms with Crippen LogP contribution in [0.5, 0.6) is 11.5 Å². The van der Waals surface area contributed by atoms with E-state index in [1.165, 1.54) is 18.9 Å². The molecule has 2 aliphatic rings. The van der Waals surface area contributed by atoms with Gasteiger partial charge in [0.2, 0.25) is 0 Å². The Morgan fingerprint density at radius 1 is 1.35 bits per heavy atom. The number of hydrogen-bond donors (Lipinski definition) is 1. The number of nitrogens with one attached hydrogen (secondary N) is 1. The number of fused-ring (bicyclic) bond motifs is 1. The summed E-state index contributed by atoms with van der Waals surface area (Å²) in [7, 11) is 0. The van der Waals surface area contributed by atoms with E-state index in [4.69, 9.17) is 0 Å². The van der Waals surface area contributed by atoms with E-state index in [9.17, 15) is 8.78 Å². The van der Waals surface area contributed by atoms with Crippen molar-refractivity contribution >= 4 is 21.6 Å². The molecule has 1 aliphatic carbocycles. The van der Waals surface area contributed by atoms with Gasteiger partial charge in [0.15, 0.2) is 11.5 Å². The number of ether oxygens (including phenoxy) is 2. The molecule has 0 spiro atoms. The van der Waals surface area contributed by atoms with Crippen LogP contribution in [0.25, 0.3) is 0 Å². The molecule has 1 heterocycles. The molecule has 17 heavy (non-hydrogen) atoms. The summed E-state index contributed by atoms with van der Waals surface area (Å²) in [6.07, 6.45) is -1.11. The molecular formula is C11H10BrF2NO2. The Labute approximate surface area is 105 Å². The summed E-state index contributed by atoms with van der Waals surface area (Å²) in [6.45, 7) is 0.856. The van der Waals surface area contributed by atoms with Crippen LogP contribution >= 0.6 is 15.9 Å². The lowest BCUT2D eigenvalue weighted by Crippen LogP contribution is -2.26. The maximum absolute atomic E-state index is 12.9. The third kappa shape index (κ3) is 2.18. The van der Waals surface area contributed by atoms with Crippen molar-refractivity contribution < 1.29 is 18.3 Å². The topological polar surface area (TPSA) is 30.5 Å². The predicted octanol–water partition coefficient (Wildman–Crippen LogP) is 3.59. The van der Waals surface area contributed by atoms with Crippen LogP contribution in [0, 0.1) is 5.92 Å². The van der Waals surface area contributed by atoms with Gasteiger partial charge < -0.3 is 14.8 Å². The van der Waals surface area contributed by atoms with Gasteiger partial charge in [0.25, 0.3) is 0 Å². The van der Waals surface area contributed by atoms with Crippen LogP contribution in [-0.4, -0.2) is 12.8 Å². The van der Waals surface area contributed by atoms with Gasteiger partial charge in [-0.25, -0.2) is 0 Å². The minimum Gasteiger partial charge on any atom is -0.395 e. The molecule has 1 aromatic rings. The molecule has 1 saturated carbocycles. The number of halogens is 3. The van der Waals surface area contributed by atoms with Crippen LogP contribution in [0.15, 0.2) is 16.6 Å². The van der Waals surface area contributed by atoms with Gasteiger partial charge in [-0.1, -0.05) is 0 Å². The molecule has 3 rings (SSSR count). The van der Waals surface area contributed by atoms with Gasteiger partial charge in [-0.05, 0) is 46.8 Å². The first kappa shape index (κ1) is 11.1. The average molecular weight is 306 g/mol. The zero-order chi connectivity index (χ0) is 12.0. The van der Waals surface area contributed by atoms with E-state index in [0.717, 1.165) is 12.2 Å². The van der Waals surface area contributed by atoms with E-state index in [-0.39, 0.29) is 11.5 Å². The molecule has 0 amide bonds. The Bertz CT molecular complexity index is 463. The zero-order valence-corrected chi connectivity index (χ0v) is 10.4. The first-order chi connectivity index (χ1) is 8.05. The normalized spacial score (nSPS) is 20.4. The van der Waals surface area contributed by atoms with E-state index < -0.39 is 6.29 Å². The maximum Gasteiger partial charge on any atom is 0.586 e. The SMILES string of the molecule is FC1(F)Oc2ccc(NCC3CC3)c(Br)c2O1. The van der Waals surface area contributed by atoms with Crippen LogP contribution in [0.2, 0.25) is 0 Å². The van der Waals surface area contributed by atoms with Gasteiger partial charge in [0, 0.05) is 6.54 Å². The number of alkyl halides is 2. The van der Waals surface area contributed by atoms with Crippen molar-refractivity contribution in [2.75, 3.05) is 11.9 Å². The highest BCUT2D eigenvalue weighted by Gasteiger charge is 2.44. The second kappa shape index (κ2) is 3.73. The molecule has 1 fully saturated rings. The van der Waals surface area contributed by atoms with E-state index in [1.54, 1.807) is 6.07 Å². The number of rotatable bonds is 3. The van der Waals surface area contributed by atoms with Crippen molar-refractivity contribution in [3.05, 3.63) is 16.6 Å². The van der Waals surface area contributed by atoms with Crippen molar-refractivity contribution in [3.63, 3.8) is 0 Å². The highest BCUT2D eigenvalue weighted by molar-refractivity contribution is 9.10. The van der Waals surface area contributed by atoms with Gasteiger partial charge in [-0.2, -0.15) is 0 Å². The lowest BCUT2D eigenvalue weighted by molar-refractivity contribution is -0.286. The smallest absolute Gasteiger partial charge is 0.395 e. The van der Waals surface area contributed by atoms with Gasteiger partial charge >= 0.3 is 6.29 Å². The van der Waals surface area contributed by atoms with Gasteiger partial charge in [0.1, 0.15) is 0 Å². The van der Waals surface area contributed by atoms with Crippen LogP contribution in [-0.2, 0) is 0 Å². The molecule has 6 heteroatoms. The van der Waals surface area contributed by atoms with E-state index >= 15 is 0 Å². The molecule has 3 nitrogen and oxygen atoms in total. The summed E-state index contributed by atoms with van der Waals surface area (Å²) in [5.74, 6) is 0.809. The second-order valence-electron chi connectivity index (χ2n) is 4.25. The summed E-state index contributed by atoms with van der Waals surface area (Å²) >= 11 is 3.25. The summed E-state index contributed by atoms with van der Waals surface area (Å²) in [5, 5.41) is 3.20. The third-order valence-corrected chi connectivity index (χ3v) is 3.58. The molecule has 0 bridgehead atoms. The van der Waals surface area contributed by atoms with Crippen LogP contribution < -0.4 is 14.8 Å². The zero-order valence-electron chi connectivity index (χ0n) is 8.80. The molecule has 1 N–H and O–H groups in total.